The van der Waals surface area contributed by atoms with Gasteiger partial charge in [-0.05, 0) is 42.0 Å². The number of ether oxygens (including phenoxy) is 1. The van der Waals surface area contributed by atoms with Crippen molar-refractivity contribution < 1.29 is 29.1 Å². The highest BCUT2D eigenvalue weighted by atomic mass is 79.9. The molecule has 0 unspecified atom stereocenters. The van der Waals surface area contributed by atoms with Gasteiger partial charge in [0.2, 0.25) is 5.91 Å². The number of aliphatic hydroxyl groups is 1. The van der Waals surface area contributed by atoms with Gasteiger partial charge in [0.05, 0.1) is 37.9 Å². The molecule has 2 N–H and O–H groups in total. The highest BCUT2D eigenvalue weighted by Gasteiger charge is 2.48. The number of nitrogens with one attached hydrogen (secondary N) is 1. The fraction of sp³-hybridized carbons (Fsp3) is 0.348. The lowest BCUT2D eigenvalue weighted by Crippen LogP contribution is -3.18. The minimum atomic E-state index is -0.917. The molecule has 2 aliphatic heterocycles. The first-order chi connectivity index (χ1) is 14.8. The van der Waals surface area contributed by atoms with Crippen molar-refractivity contribution in [2.75, 3.05) is 25.1 Å². The molecule has 2 saturated heterocycles. The van der Waals surface area contributed by atoms with Gasteiger partial charge in [0.15, 0.2) is 6.04 Å². The number of imide groups is 1. The minimum Gasteiger partial charge on any atom is -0.465 e. The number of piperidine rings is 1. The van der Waals surface area contributed by atoms with Crippen molar-refractivity contribution >= 4 is 39.4 Å². The molecule has 31 heavy (non-hydrogen) atoms. The van der Waals surface area contributed by atoms with Crippen LogP contribution in [0.4, 0.5) is 5.69 Å². The molecule has 2 heterocycles. The van der Waals surface area contributed by atoms with Crippen LogP contribution in [0.15, 0.2) is 53.0 Å². The number of nitrogens with zero attached hydrogens (tertiary/aromatic N) is 1. The number of hydrogen-bond acceptors (Lipinski definition) is 5. The zero-order valence-corrected chi connectivity index (χ0v) is 18.7. The number of amides is 2. The second-order valence-corrected chi connectivity index (χ2v) is 8.97. The summed E-state index contributed by atoms with van der Waals surface area (Å²) < 4.78 is 5.64. The van der Waals surface area contributed by atoms with Gasteiger partial charge in [-0.15, -0.1) is 0 Å². The topological polar surface area (TPSA) is 88.3 Å². The number of hydrogen-bond donors (Lipinski definition) is 2. The van der Waals surface area contributed by atoms with Crippen LogP contribution in [0.2, 0.25) is 0 Å². The molecule has 2 fully saturated rings. The molecule has 7 nitrogen and oxygen atoms in total. The van der Waals surface area contributed by atoms with E-state index in [0.29, 0.717) is 37.2 Å². The Balaban J connectivity index is 1.45. The van der Waals surface area contributed by atoms with Gasteiger partial charge < -0.3 is 14.7 Å². The molecule has 0 saturated carbocycles. The Morgan fingerprint density at radius 2 is 1.71 bits per heavy atom. The van der Waals surface area contributed by atoms with E-state index in [1.54, 1.807) is 24.3 Å². The molecule has 2 aliphatic rings. The van der Waals surface area contributed by atoms with E-state index in [1.807, 2.05) is 24.3 Å². The van der Waals surface area contributed by atoms with Crippen LogP contribution in [0.1, 0.15) is 35.2 Å². The summed E-state index contributed by atoms with van der Waals surface area (Å²) in [6.07, 6.45) is 1.19. The fourth-order valence-electron chi connectivity index (χ4n) is 4.47. The fourth-order valence-corrected chi connectivity index (χ4v) is 4.73. The molecule has 0 radical (unpaired) electrons. The molecule has 0 aliphatic carbocycles. The summed E-state index contributed by atoms with van der Waals surface area (Å²) in [6.45, 7) is 1.21. The van der Waals surface area contributed by atoms with E-state index in [0.717, 1.165) is 14.9 Å². The lowest BCUT2D eigenvalue weighted by atomic mass is 9.84. The van der Waals surface area contributed by atoms with E-state index in [2.05, 4.69) is 20.7 Å². The smallest absolute Gasteiger partial charge is 0.337 e. The summed E-state index contributed by atoms with van der Waals surface area (Å²) in [4.78, 5) is 39.6. The lowest BCUT2D eigenvalue weighted by Gasteiger charge is -2.38. The number of methoxy groups -OCH3 is 1. The minimum absolute atomic E-state index is 0.142. The van der Waals surface area contributed by atoms with Crippen molar-refractivity contribution in [3.8, 4) is 0 Å². The highest BCUT2D eigenvalue weighted by molar-refractivity contribution is 9.10. The van der Waals surface area contributed by atoms with Crippen molar-refractivity contribution in [2.45, 2.75) is 30.9 Å². The first-order valence-electron chi connectivity index (χ1n) is 10.2. The second kappa shape index (κ2) is 8.53. The molecule has 2 aromatic carbocycles. The number of halogens is 1. The van der Waals surface area contributed by atoms with Gasteiger partial charge in [-0.1, -0.05) is 28.1 Å². The molecule has 0 bridgehead atoms. The maximum atomic E-state index is 13.1. The van der Waals surface area contributed by atoms with Crippen LogP contribution in [-0.4, -0.2) is 49.1 Å². The molecule has 1 atom stereocenters. The van der Waals surface area contributed by atoms with Crippen LogP contribution in [0.5, 0.6) is 0 Å². The Bertz CT molecular complexity index is 998. The zero-order valence-electron chi connectivity index (χ0n) is 17.1. The van der Waals surface area contributed by atoms with Crippen LogP contribution in [0.25, 0.3) is 0 Å². The normalized spacial score (nSPS) is 26.2. The Labute approximate surface area is 188 Å². The van der Waals surface area contributed by atoms with E-state index in [-0.39, 0.29) is 18.2 Å². The number of carbonyl (C=O) groups is 3. The molecule has 0 spiro atoms. The largest absolute Gasteiger partial charge is 0.465 e. The third-order valence-electron chi connectivity index (χ3n) is 6.29. The van der Waals surface area contributed by atoms with Crippen LogP contribution in [0, 0.1) is 0 Å². The Hall–Kier alpha value is -2.55. The maximum Gasteiger partial charge on any atom is 0.337 e. The SMILES string of the molecule is COC(=O)c1ccc(N2C(=O)C[C@@H]([NH+]3CCC(O)(c4ccc(Br)cc4)CC3)C2=O)cc1. The van der Waals surface area contributed by atoms with Crippen LogP contribution in [-0.2, 0) is 19.9 Å². The second-order valence-electron chi connectivity index (χ2n) is 8.06. The molecule has 2 amide bonds. The van der Waals surface area contributed by atoms with E-state index in [9.17, 15) is 19.5 Å². The Morgan fingerprint density at radius 3 is 2.29 bits per heavy atom. The molecular formula is C23H24BrN2O5+. The number of esters is 1. The molecule has 4 rings (SSSR count). The van der Waals surface area contributed by atoms with Crippen molar-refractivity contribution in [3.63, 3.8) is 0 Å². The van der Waals surface area contributed by atoms with Crippen LogP contribution in [0.3, 0.4) is 0 Å². The van der Waals surface area contributed by atoms with Gasteiger partial charge in [-0.3, -0.25) is 9.59 Å². The predicted molar refractivity (Wildman–Crippen MR) is 117 cm³/mol. The lowest BCUT2D eigenvalue weighted by molar-refractivity contribution is -0.922. The Kier molecular flexibility index (Phi) is 5.96. The maximum absolute atomic E-state index is 13.1. The number of quaternary nitrogens is 1. The van der Waals surface area contributed by atoms with Gasteiger partial charge in [-0.2, -0.15) is 0 Å². The third kappa shape index (κ3) is 4.15. The average Bonchev–Trinajstić information content (AvgIpc) is 3.08. The van der Waals surface area contributed by atoms with E-state index in [4.69, 9.17) is 0 Å². The highest BCUT2D eigenvalue weighted by Crippen LogP contribution is 2.31. The molecule has 0 aromatic heterocycles. The zero-order chi connectivity index (χ0) is 22.2. The standard InChI is InChI=1S/C23H23BrN2O5/c1-31-22(29)15-2-8-18(9-3-15)26-20(27)14-19(21(26)28)25-12-10-23(30,11-13-25)16-4-6-17(24)7-5-16/h2-9,19,30H,10-14H2,1H3/p+1/t19-/m1/s1. The predicted octanol–water partition coefficient (Wildman–Crippen LogP) is 1.43. The number of carbonyl (C=O) groups excluding carboxylic acids is 3. The molecule has 2 aromatic rings. The van der Waals surface area contributed by atoms with Crippen LogP contribution < -0.4 is 9.80 Å². The van der Waals surface area contributed by atoms with Crippen molar-refractivity contribution in [3.05, 3.63) is 64.1 Å². The summed E-state index contributed by atoms with van der Waals surface area (Å²) in [5.74, 6) is -0.957. The first kappa shape index (κ1) is 21.7. The number of likely N-dealkylation sites (tertiary alicyclic amines) is 1. The third-order valence-corrected chi connectivity index (χ3v) is 6.82. The quantitative estimate of drug-likeness (QED) is 0.503. The summed E-state index contributed by atoms with van der Waals surface area (Å²) in [5.41, 5.74) is 0.763. The van der Waals surface area contributed by atoms with Gasteiger partial charge in [0.1, 0.15) is 5.60 Å². The molecule has 8 heteroatoms. The van der Waals surface area contributed by atoms with Gasteiger partial charge in [0.25, 0.3) is 5.91 Å². The first-order valence-corrected chi connectivity index (χ1v) is 11.0. The van der Waals surface area contributed by atoms with Gasteiger partial charge in [0, 0.05) is 17.3 Å². The summed E-state index contributed by atoms with van der Waals surface area (Å²) in [7, 11) is 1.30. The molecular weight excluding hydrogens is 464 g/mol. The van der Waals surface area contributed by atoms with Gasteiger partial charge >= 0.3 is 5.97 Å². The van der Waals surface area contributed by atoms with Crippen molar-refractivity contribution in [1.29, 1.82) is 0 Å². The summed E-state index contributed by atoms with van der Waals surface area (Å²) in [6, 6.07) is 13.5. The van der Waals surface area contributed by atoms with Crippen LogP contribution >= 0.6 is 15.9 Å². The van der Waals surface area contributed by atoms with Gasteiger partial charge in [-0.25, -0.2) is 9.69 Å². The summed E-state index contributed by atoms with van der Waals surface area (Å²) in [5, 5.41) is 11.1. The average molecular weight is 488 g/mol. The number of anilines is 1. The van der Waals surface area contributed by atoms with Crippen molar-refractivity contribution in [2.24, 2.45) is 0 Å². The Morgan fingerprint density at radius 1 is 1.10 bits per heavy atom. The van der Waals surface area contributed by atoms with Crippen molar-refractivity contribution in [1.82, 2.24) is 0 Å². The van der Waals surface area contributed by atoms with E-state index in [1.165, 1.54) is 12.0 Å². The number of rotatable bonds is 4. The monoisotopic (exact) mass is 487 g/mol. The molecule has 162 valence electrons. The summed E-state index contributed by atoms with van der Waals surface area (Å²) >= 11 is 3.41. The van der Waals surface area contributed by atoms with E-state index < -0.39 is 17.6 Å². The van der Waals surface area contributed by atoms with E-state index >= 15 is 0 Å². The number of benzene rings is 2.